The molecule has 0 aliphatic rings. The zero-order chi connectivity index (χ0) is 18.9. The Morgan fingerprint density at radius 2 is 1.42 bits per heavy atom. The number of aliphatic hydroxyl groups excluding tert-OH is 1. The molecule has 0 atom stereocenters. The fraction of sp³-hybridized carbons (Fsp3) is 0.944. The SMILES string of the molecule is CCC(CCC(C)(C)S)(CCC(C)(C)S)C(=O)OCCOCCO. The highest BCUT2D eigenvalue weighted by atomic mass is 32.1. The van der Waals surface area contributed by atoms with Gasteiger partial charge >= 0.3 is 5.97 Å². The Hall–Kier alpha value is 0.0900. The van der Waals surface area contributed by atoms with Crippen molar-refractivity contribution in [1.29, 1.82) is 0 Å². The van der Waals surface area contributed by atoms with Gasteiger partial charge in [0.1, 0.15) is 6.61 Å². The lowest BCUT2D eigenvalue weighted by molar-refractivity contribution is -0.159. The van der Waals surface area contributed by atoms with Crippen LogP contribution in [-0.2, 0) is 14.3 Å². The minimum atomic E-state index is -0.503. The quantitative estimate of drug-likeness (QED) is 0.258. The number of thiol groups is 2. The number of ether oxygens (including phenoxy) is 2. The lowest BCUT2D eigenvalue weighted by Gasteiger charge is -2.34. The molecule has 1 N–H and O–H groups in total. The topological polar surface area (TPSA) is 55.8 Å². The van der Waals surface area contributed by atoms with Crippen LogP contribution < -0.4 is 0 Å². The predicted octanol–water partition coefficient (Wildman–Crippen LogP) is 3.91. The van der Waals surface area contributed by atoms with Crippen molar-refractivity contribution in [2.75, 3.05) is 26.4 Å². The molecule has 0 saturated carbocycles. The molecule has 0 unspecified atom stereocenters. The molecule has 0 aromatic carbocycles. The van der Waals surface area contributed by atoms with Crippen molar-refractivity contribution in [3.05, 3.63) is 0 Å². The molecule has 0 heterocycles. The summed E-state index contributed by atoms with van der Waals surface area (Å²) in [7, 11) is 0. The summed E-state index contributed by atoms with van der Waals surface area (Å²) >= 11 is 9.19. The van der Waals surface area contributed by atoms with E-state index in [0.29, 0.717) is 6.61 Å². The normalized spacial score (nSPS) is 13.2. The van der Waals surface area contributed by atoms with Crippen LogP contribution in [0.2, 0.25) is 0 Å². The molecule has 0 spiro atoms. The van der Waals surface area contributed by atoms with Gasteiger partial charge in [0.15, 0.2) is 0 Å². The average Bonchev–Trinajstić information content (AvgIpc) is 2.45. The van der Waals surface area contributed by atoms with Gasteiger partial charge in [-0.15, -0.1) is 0 Å². The maximum absolute atomic E-state index is 12.8. The third kappa shape index (κ3) is 10.9. The number of hydrogen-bond acceptors (Lipinski definition) is 6. The number of hydrogen-bond donors (Lipinski definition) is 3. The molecule has 0 rings (SSSR count). The zero-order valence-corrected chi connectivity index (χ0v) is 17.7. The molecule has 4 nitrogen and oxygen atoms in total. The van der Waals surface area contributed by atoms with E-state index in [-0.39, 0.29) is 35.3 Å². The molecule has 0 aromatic heterocycles. The molecule has 0 amide bonds. The molecule has 0 aliphatic carbocycles. The van der Waals surface area contributed by atoms with Crippen molar-refractivity contribution in [3.8, 4) is 0 Å². The Morgan fingerprint density at radius 1 is 0.917 bits per heavy atom. The standard InChI is InChI=1S/C18H36O4S2/c1-6-18(9-7-16(2,3)23,10-8-17(4,5)24)15(20)22-14-13-21-12-11-19/h19,23-24H,6-14H2,1-5H3. The second-order valence-electron chi connectivity index (χ2n) is 7.73. The van der Waals surface area contributed by atoms with Crippen LogP contribution in [0, 0.1) is 5.41 Å². The van der Waals surface area contributed by atoms with E-state index in [9.17, 15) is 4.79 Å². The number of rotatable bonds is 13. The summed E-state index contributed by atoms with van der Waals surface area (Å²) in [6, 6.07) is 0. The van der Waals surface area contributed by atoms with Crippen molar-refractivity contribution < 1.29 is 19.4 Å². The van der Waals surface area contributed by atoms with Gasteiger partial charge in [-0.3, -0.25) is 4.79 Å². The van der Waals surface area contributed by atoms with Crippen LogP contribution in [-0.4, -0.2) is 47.0 Å². The van der Waals surface area contributed by atoms with E-state index in [2.05, 4.69) is 53.0 Å². The van der Waals surface area contributed by atoms with Crippen LogP contribution >= 0.6 is 25.3 Å². The largest absolute Gasteiger partial charge is 0.463 e. The van der Waals surface area contributed by atoms with E-state index in [1.807, 2.05) is 6.92 Å². The summed E-state index contributed by atoms with van der Waals surface area (Å²) in [6.45, 7) is 11.1. The molecule has 0 saturated heterocycles. The highest BCUT2D eigenvalue weighted by molar-refractivity contribution is 7.81. The monoisotopic (exact) mass is 380 g/mol. The second kappa shape index (κ2) is 10.9. The molecule has 24 heavy (non-hydrogen) atoms. The molecule has 144 valence electrons. The number of carbonyl (C=O) groups is 1. The smallest absolute Gasteiger partial charge is 0.312 e. The molecule has 0 fully saturated rings. The molecule has 0 aromatic rings. The Morgan fingerprint density at radius 3 is 1.79 bits per heavy atom. The molecule has 0 aliphatic heterocycles. The number of aliphatic hydroxyl groups is 1. The third-order valence-corrected chi connectivity index (χ3v) is 4.68. The van der Waals surface area contributed by atoms with E-state index in [4.69, 9.17) is 14.6 Å². The Labute approximate surface area is 158 Å². The average molecular weight is 381 g/mol. The fourth-order valence-corrected chi connectivity index (χ4v) is 2.65. The van der Waals surface area contributed by atoms with E-state index in [1.165, 1.54) is 0 Å². The Balaban J connectivity index is 4.88. The van der Waals surface area contributed by atoms with Crippen molar-refractivity contribution in [3.63, 3.8) is 0 Å². The van der Waals surface area contributed by atoms with Gasteiger partial charge in [0.05, 0.1) is 25.2 Å². The van der Waals surface area contributed by atoms with Crippen molar-refractivity contribution in [2.24, 2.45) is 5.41 Å². The number of carbonyl (C=O) groups excluding carboxylic acids is 1. The fourth-order valence-electron chi connectivity index (χ4n) is 2.43. The van der Waals surface area contributed by atoms with Crippen LogP contribution in [0.15, 0.2) is 0 Å². The molecular formula is C18H36O4S2. The van der Waals surface area contributed by atoms with E-state index in [0.717, 1.165) is 32.1 Å². The predicted molar refractivity (Wildman–Crippen MR) is 106 cm³/mol. The zero-order valence-electron chi connectivity index (χ0n) is 15.9. The second-order valence-corrected chi connectivity index (χ2v) is 10.2. The molecule has 0 radical (unpaired) electrons. The van der Waals surface area contributed by atoms with Gasteiger partial charge in [-0.2, -0.15) is 25.3 Å². The van der Waals surface area contributed by atoms with Crippen LogP contribution in [0.25, 0.3) is 0 Å². The van der Waals surface area contributed by atoms with Crippen molar-refractivity contribution in [2.45, 2.75) is 76.2 Å². The first kappa shape index (κ1) is 24.1. The summed E-state index contributed by atoms with van der Waals surface area (Å²) < 4.78 is 10.4. The first-order valence-electron chi connectivity index (χ1n) is 8.76. The van der Waals surface area contributed by atoms with Gasteiger partial charge in [0.25, 0.3) is 0 Å². The van der Waals surface area contributed by atoms with Gasteiger partial charge in [0, 0.05) is 9.49 Å². The summed E-state index contributed by atoms with van der Waals surface area (Å²) in [5.74, 6) is -0.159. The van der Waals surface area contributed by atoms with E-state index < -0.39 is 5.41 Å². The van der Waals surface area contributed by atoms with E-state index in [1.54, 1.807) is 0 Å². The van der Waals surface area contributed by atoms with Crippen LogP contribution in [0.4, 0.5) is 0 Å². The molecule has 6 heteroatoms. The molecule has 0 bridgehead atoms. The van der Waals surface area contributed by atoms with E-state index >= 15 is 0 Å². The van der Waals surface area contributed by atoms with Crippen LogP contribution in [0.3, 0.4) is 0 Å². The van der Waals surface area contributed by atoms with Crippen LogP contribution in [0.1, 0.15) is 66.7 Å². The van der Waals surface area contributed by atoms with Crippen LogP contribution in [0.5, 0.6) is 0 Å². The summed E-state index contributed by atoms with van der Waals surface area (Å²) in [5.41, 5.74) is -0.503. The minimum absolute atomic E-state index is 0.0269. The third-order valence-electron chi connectivity index (χ3n) is 4.24. The summed E-state index contributed by atoms with van der Waals surface area (Å²) in [4.78, 5) is 12.8. The molecular weight excluding hydrogens is 344 g/mol. The van der Waals surface area contributed by atoms with Crippen molar-refractivity contribution in [1.82, 2.24) is 0 Å². The van der Waals surface area contributed by atoms with Gasteiger partial charge < -0.3 is 14.6 Å². The number of esters is 1. The highest BCUT2D eigenvalue weighted by Crippen LogP contribution is 2.40. The summed E-state index contributed by atoms with van der Waals surface area (Å²) in [5, 5.41) is 8.69. The highest BCUT2D eigenvalue weighted by Gasteiger charge is 2.39. The lowest BCUT2D eigenvalue weighted by Crippen LogP contribution is -2.36. The first-order valence-corrected chi connectivity index (χ1v) is 9.66. The Kier molecular flexibility index (Phi) is 11.0. The first-order chi connectivity index (χ1) is 11.0. The lowest BCUT2D eigenvalue weighted by atomic mass is 9.74. The van der Waals surface area contributed by atoms with Gasteiger partial charge in [0.2, 0.25) is 0 Å². The maximum atomic E-state index is 12.8. The van der Waals surface area contributed by atoms with Crippen molar-refractivity contribution >= 4 is 31.2 Å². The van der Waals surface area contributed by atoms with Gasteiger partial charge in [-0.25, -0.2) is 0 Å². The van der Waals surface area contributed by atoms with Gasteiger partial charge in [-0.1, -0.05) is 34.6 Å². The Bertz CT molecular complexity index is 341. The minimum Gasteiger partial charge on any atom is -0.463 e. The maximum Gasteiger partial charge on any atom is 0.312 e. The van der Waals surface area contributed by atoms with Gasteiger partial charge in [-0.05, 0) is 32.1 Å². The summed E-state index contributed by atoms with van der Waals surface area (Å²) in [6.07, 6.45) is 3.91.